The van der Waals surface area contributed by atoms with Crippen LogP contribution in [-0.2, 0) is 0 Å². The molecule has 0 unspecified atom stereocenters. The molecule has 2 heterocycles. The highest BCUT2D eigenvalue weighted by Crippen LogP contribution is 2.30. The summed E-state index contributed by atoms with van der Waals surface area (Å²) in [6.07, 6.45) is 0. The summed E-state index contributed by atoms with van der Waals surface area (Å²) in [5, 5.41) is 1.14. The van der Waals surface area contributed by atoms with E-state index in [0.29, 0.717) is 31.0 Å². The molecule has 2 aromatic carbocycles. The van der Waals surface area contributed by atoms with Crippen molar-refractivity contribution in [2.24, 2.45) is 0 Å². The smallest absolute Gasteiger partial charge is 0.257 e. The Balaban J connectivity index is 1.42. The number of aromatic nitrogens is 1. The van der Waals surface area contributed by atoms with Crippen molar-refractivity contribution in [2.75, 3.05) is 32.8 Å². The molecule has 3 aromatic rings. The Hall–Kier alpha value is -2.44. The highest BCUT2D eigenvalue weighted by molar-refractivity contribution is 7.18. The summed E-state index contributed by atoms with van der Waals surface area (Å²) >= 11 is 1.76. The third-order valence-electron chi connectivity index (χ3n) is 5.23. The van der Waals surface area contributed by atoms with Crippen LogP contribution >= 0.6 is 11.3 Å². The van der Waals surface area contributed by atoms with Crippen molar-refractivity contribution in [2.45, 2.75) is 19.9 Å². The maximum atomic E-state index is 13.0. The van der Waals surface area contributed by atoms with E-state index in [1.54, 1.807) is 11.3 Å². The highest BCUT2D eigenvalue weighted by Gasteiger charge is 2.28. The second-order valence-electron chi connectivity index (χ2n) is 6.95. The Bertz CT molecular complexity index is 930. The molecule has 28 heavy (non-hydrogen) atoms. The summed E-state index contributed by atoms with van der Waals surface area (Å²) in [5.41, 5.74) is 1.72. The molecular formula is C22H25N3O2S. The number of hydrogen-bond acceptors (Lipinski definition) is 5. The van der Waals surface area contributed by atoms with E-state index < -0.39 is 0 Å². The predicted octanol–water partition coefficient (Wildman–Crippen LogP) is 4.21. The summed E-state index contributed by atoms with van der Waals surface area (Å²) in [6.45, 7) is 7.82. The third kappa shape index (κ3) is 3.75. The maximum Gasteiger partial charge on any atom is 0.257 e. The largest absolute Gasteiger partial charge is 0.493 e. The van der Waals surface area contributed by atoms with Crippen LogP contribution in [0.4, 0.5) is 0 Å². The number of rotatable bonds is 5. The Morgan fingerprint density at radius 1 is 1.11 bits per heavy atom. The average Bonchev–Trinajstić information content (AvgIpc) is 3.18. The fourth-order valence-electron chi connectivity index (χ4n) is 3.63. The van der Waals surface area contributed by atoms with Crippen LogP contribution in [0.2, 0.25) is 0 Å². The van der Waals surface area contributed by atoms with Crippen molar-refractivity contribution in [3.8, 4) is 5.75 Å². The molecule has 1 aromatic heterocycles. The van der Waals surface area contributed by atoms with E-state index in [2.05, 4.69) is 30.0 Å². The maximum absolute atomic E-state index is 13.0. The molecule has 5 nitrogen and oxygen atoms in total. The van der Waals surface area contributed by atoms with Crippen molar-refractivity contribution in [1.29, 1.82) is 0 Å². The Morgan fingerprint density at radius 2 is 1.82 bits per heavy atom. The summed E-state index contributed by atoms with van der Waals surface area (Å²) in [7, 11) is 0. The van der Waals surface area contributed by atoms with E-state index in [-0.39, 0.29) is 11.9 Å². The number of piperazine rings is 1. The summed E-state index contributed by atoms with van der Waals surface area (Å²) < 4.78 is 6.86. The van der Waals surface area contributed by atoms with Gasteiger partial charge in [-0.2, -0.15) is 0 Å². The standard InChI is InChI=1S/C22H25N3O2S/c1-3-27-19-10-6-4-8-17(19)22(26)25-14-12-24(13-15-25)16(2)21-23-18-9-5-7-11-20(18)28-21/h4-11,16H,3,12-15H2,1-2H3/t16-/m0/s1. The van der Waals surface area contributed by atoms with Crippen LogP contribution < -0.4 is 4.74 Å². The second-order valence-corrected chi connectivity index (χ2v) is 8.02. The van der Waals surface area contributed by atoms with Gasteiger partial charge in [0, 0.05) is 26.2 Å². The molecule has 0 aliphatic carbocycles. The first-order chi connectivity index (χ1) is 13.7. The van der Waals surface area contributed by atoms with Crippen LogP contribution in [0.1, 0.15) is 35.3 Å². The van der Waals surface area contributed by atoms with Gasteiger partial charge >= 0.3 is 0 Å². The lowest BCUT2D eigenvalue weighted by Gasteiger charge is -2.37. The molecule has 0 radical (unpaired) electrons. The van der Waals surface area contributed by atoms with E-state index in [1.807, 2.05) is 42.2 Å². The van der Waals surface area contributed by atoms with Gasteiger partial charge in [0.15, 0.2) is 0 Å². The van der Waals surface area contributed by atoms with Crippen molar-refractivity contribution < 1.29 is 9.53 Å². The molecule has 1 atom stereocenters. The number of ether oxygens (including phenoxy) is 1. The number of fused-ring (bicyclic) bond motifs is 1. The van der Waals surface area contributed by atoms with Crippen LogP contribution in [0.25, 0.3) is 10.2 Å². The molecule has 1 fully saturated rings. The molecule has 1 saturated heterocycles. The van der Waals surface area contributed by atoms with Gasteiger partial charge in [-0.25, -0.2) is 4.98 Å². The number of nitrogens with zero attached hydrogens (tertiary/aromatic N) is 3. The number of amides is 1. The lowest BCUT2D eigenvalue weighted by Crippen LogP contribution is -2.49. The minimum absolute atomic E-state index is 0.0522. The normalized spacial score (nSPS) is 16.3. The van der Waals surface area contributed by atoms with Crippen LogP contribution in [0.15, 0.2) is 48.5 Å². The first-order valence-corrected chi connectivity index (χ1v) is 10.6. The van der Waals surface area contributed by atoms with Gasteiger partial charge in [-0.15, -0.1) is 11.3 Å². The fourth-order valence-corrected chi connectivity index (χ4v) is 4.69. The van der Waals surface area contributed by atoms with Gasteiger partial charge in [0.25, 0.3) is 5.91 Å². The summed E-state index contributed by atoms with van der Waals surface area (Å²) in [5.74, 6) is 0.719. The molecule has 4 rings (SSSR count). The second kappa shape index (κ2) is 8.29. The van der Waals surface area contributed by atoms with Gasteiger partial charge in [-0.3, -0.25) is 9.69 Å². The summed E-state index contributed by atoms with van der Waals surface area (Å²) in [4.78, 5) is 22.1. The summed E-state index contributed by atoms with van der Waals surface area (Å²) in [6, 6.07) is 16.0. The minimum atomic E-state index is 0.0522. The highest BCUT2D eigenvalue weighted by atomic mass is 32.1. The van der Waals surface area contributed by atoms with Gasteiger partial charge in [-0.1, -0.05) is 24.3 Å². The van der Waals surface area contributed by atoms with Crippen molar-refractivity contribution in [1.82, 2.24) is 14.8 Å². The molecule has 0 bridgehead atoms. The zero-order valence-electron chi connectivity index (χ0n) is 16.3. The van der Waals surface area contributed by atoms with Crippen LogP contribution in [0, 0.1) is 0 Å². The van der Waals surface area contributed by atoms with Crippen LogP contribution in [-0.4, -0.2) is 53.5 Å². The molecule has 1 amide bonds. The molecule has 1 aliphatic rings. The first kappa shape index (κ1) is 18.9. The quantitative estimate of drug-likeness (QED) is 0.649. The molecule has 6 heteroatoms. The monoisotopic (exact) mass is 395 g/mol. The zero-order chi connectivity index (χ0) is 19.5. The first-order valence-electron chi connectivity index (χ1n) is 9.78. The Labute approximate surface area is 169 Å². The lowest BCUT2D eigenvalue weighted by molar-refractivity contribution is 0.0578. The van der Waals surface area contributed by atoms with Crippen LogP contribution in [0.3, 0.4) is 0 Å². The number of thiazole rings is 1. The van der Waals surface area contributed by atoms with Gasteiger partial charge in [-0.05, 0) is 38.1 Å². The van der Waals surface area contributed by atoms with E-state index in [9.17, 15) is 4.79 Å². The van der Waals surface area contributed by atoms with E-state index in [0.717, 1.165) is 23.6 Å². The van der Waals surface area contributed by atoms with Crippen LogP contribution in [0.5, 0.6) is 5.75 Å². The van der Waals surface area contributed by atoms with Gasteiger partial charge in [0.05, 0.1) is 28.4 Å². The molecule has 1 aliphatic heterocycles. The number of carbonyl (C=O) groups excluding carboxylic acids is 1. The SMILES string of the molecule is CCOc1ccccc1C(=O)N1CCN([C@@H](C)c2nc3ccccc3s2)CC1. The zero-order valence-corrected chi connectivity index (χ0v) is 17.1. The lowest BCUT2D eigenvalue weighted by atomic mass is 10.1. The minimum Gasteiger partial charge on any atom is -0.493 e. The molecule has 0 saturated carbocycles. The number of benzene rings is 2. The molecular weight excluding hydrogens is 370 g/mol. The predicted molar refractivity (Wildman–Crippen MR) is 113 cm³/mol. The molecule has 146 valence electrons. The topological polar surface area (TPSA) is 45.7 Å². The van der Waals surface area contributed by atoms with Gasteiger partial charge in [0.1, 0.15) is 10.8 Å². The molecule has 0 N–H and O–H groups in total. The van der Waals surface area contributed by atoms with E-state index in [1.165, 1.54) is 4.70 Å². The number of para-hydroxylation sites is 2. The Kier molecular flexibility index (Phi) is 5.59. The van der Waals surface area contributed by atoms with Crippen molar-refractivity contribution in [3.05, 3.63) is 59.1 Å². The van der Waals surface area contributed by atoms with Gasteiger partial charge < -0.3 is 9.64 Å². The van der Waals surface area contributed by atoms with Crippen molar-refractivity contribution >= 4 is 27.5 Å². The number of hydrogen-bond donors (Lipinski definition) is 0. The average molecular weight is 396 g/mol. The van der Waals surface area contributed by atoms with Crippen molar-refractivity contribution in [3.63, 3.8) is 0 Å². The van der Waals surface area contributed by atoms with E-state index >= 15 is 0 Å². The fraction of sp³-hybridized carbons (Fsp3) is 0.364. The number of carbonyl (C=O) groups is 1. The Morgan fingerprint density at radius 3 is 2.57 bits per heavy atom. The third-order valence-corrected chi connectivity index (χ3v) is 6.44. The molecule has 0 spiro atoms. The van der Waals surface area contributed by atoms with E-state index in [4.69, 9.17) is 9.72 Å². The van der Waals surface area contributed by atoms with Gasteiger partial charge in [0.2, 0.25) is 0 Å².